The van der Waals surface area contributed by atoms with Crippen LogP contribution in [0.5, 0.6) is 11.5 Å². The molecule has 4 heterocycles. The molecular formula is C31H42ClN7O4. The Morgan fingerprint density at radius 2 is 1.84 bits per heavy atom. The molecule has 43 heavy (non-hydrogen) atoms. The van der Waals surface area contributed by atoms with Crippen LogP contribution < -0.4 is 19.7 Å². The standard InChI is InChI=1S/C31H42ClN7O4/c1-4-28(40)38-12-10-36(11-13-38)7-5-8-39-22-24(26-19-25(41-2)20-27(42-3)29(26)32)18-23-21-34-31(35-30(23)39)33-6-9-37-14-16-43-17-15-37/h4,18-21H,1,5-17,22H2,2-3H3,(H,33,34,35). The van der Waals surface area contributed by atoms with E-state index < -0.39 is 0 Å². The predicted molar refractivity (Wildman–Crippen MR) is 170 cm³/mol. The van der Waals surface area contributed by atoms with Crippen molar-refractivity contribution >= 4 is 40.9 Å². The summed E-state index contributed by atoms with van der Waals surface area (Å²) in [5.74, 6) is 2.78. The van der Waals surface area contributed by atoms with Crippen molar-refractivity contribution in [3.8, 4) is 11.5 Å². The van der Waals surface area contributed by atoms with Gasteiger partial charge in [0.25, 0.3) is 0 Å². The first-order valence-electron chi connectivity index (χ1n) is 14.9. The van der Waals surface area contributed by atoms with E-state index in [0.29, 0.717) is 29.0 Å². The van der Waals surface area contributed by atoms with E-state index in [1.54, 1.807) is 20.3 Å². The minimum atomic E-state index is 0.00534. The van der Waals surface area contributed by atoms with Gasteiger partial charge in [-0.3, -0.25) is 14.6 Å². The van der Waals surface area contributed by atoms with Gasteiger partial charge in [-0.2, -0.15) is 4.98 Å². The summed E-state index contributed by atoms with van der Waals surface area (Å²) in [6.07, 6.45) is 6.33. The van der Waals surface area contributed by atoms with Crippen LogP contribution in [-0.4, -0.2) is 130 Å². The lowest BCUT2D eigenvalue weighted by Gasteiger charge is -2.35. The number of hydrogen-bond donors (Lipinski definition) is 1. The largest absolute Gasteiger partial charge is 0.497 e. The smallest absolute Gasteiger partial charge is 0.246 e. The number of fused-ring (bicyclic) bond motifs is 1. The van der Waals surface area contributed by atoms with Gasteiger partial charge in [0.15, 0.2) is 0 Å². The third kappa shape index (κ3) is 7.77. The van der Waals surface area contributed by atoms with Crippen LogP contribution in [0.15, 0.2) is 31.0 Å². The van der Waals surface area contributed by atoms with Gasteiger partial charge in [-0.25, -0.2) is 4.98 Å². The fourth-order valence-electron chi connectivity index (χ4n) is 5.71. The number of nitrogens with zero attached hydrogens (tertiary/aromatic N) is 6. The maximum Gasteiger partial charge on any atom is 0.246 e. The Hall–Kier alpha value is -3.38. The molecule has 1 N–H and O–H groups in total. The number of ether oxygens (including phenoxy) is 3. The number of hydrogen-bond acceptors (Lipinski definition) is 10. The highest BCUT2D eigenvalue weighted by Crippen LogP contribution is 2.40. The SMILES string of the molecule is C=CC(=O)N1CCN(CCCN2CC(c3cc(OC)cc(OC)c3Cl)=Cc3cnc(NCCN4CCOCC4)nc32)CC1. The lowest BCUT2D eigenvalue weighted by Crippen LogP contribution is -2.48. The van der Waals surface area contributed by atoms with Gasteiger partial charge in [0.2, 0.25) is 11.9 Å². The first-order valence-corrected chi connectivity index (χ1v) is 15.3. The number of aromatic nitrogens is 2. The second-order valence-corrected chi connectivity index (χ2v) is 11.2. The average Bonchev–Trinajstić information content (AvgIpc) is 3.05. The van der Waals surface area contributed by atoms with E-state index in [-0.39, 0.29) is 5.91 Å². The molecular weight excluding hydrogens is 570 g/mol. The third-order valence-electron chi connectivity index (χ3n) is 8.18. The Balaban J connectivity index is 1.31. The maximum absolute atomic E-state index is 12.0. The Labute approximate surface area is 259 Å². The second kappa shape index (κ2) is 14.9. The van der Waals surface area contributed by atoms with Crippen molar-refractivity contribution < 1.29 is 19.0 Å². The number of carbonyl (C=O) groups excluding carboxylic acids is 1. The molecule has 1 aromatic heterocycles. The van der Waals surface area contributed by atoms with Gasteiger partial charge in [-0.1, -0.05) is 18.2 Å². The number of methoxy groups -OCH3 is 2. The first-order chi connectivity index (χ1) is 21.0. The molecule has 3 aliphatic heterocycles. The van der Waals surface area contributed by atoms with Crippen molar-refractivity contribution in [3.63, 3.8) is 0 Å². The average molecular weight is 612 g/mol. The molecule has 1 amide bonds. The monoisotopic (exact) mass is 611 g/mol. The van der Waals surface area contributed by atoms with Crippen molar-refractivity contribution in [1.82, 2.24) is 24.7 Å². The number of nitrogens with one attached hydrogen (secondary N) is 1. The van der Waals surface area contributed by atoms with E-state index in [2.05, 4.69) is 37.7 Å². The molecule has 5 rings (SSSR count). The number of amides is 1. The van der Waals surface area contributed by atoms with E-state index in [1.807, 2.05) is 17.2 Å². The molecule has 0 spiro atoms. The molecule has 0 bridgehead atoms. The van der Waals surface area contributed by atoms with Crippen molar-refractivity contribution in [3.05, 3.63) is 47.1 Å². The minimum Gasteiger partial charge on any atom is -0.497 e. The van der Waals surface area contributed by atoms with Crippen LogP contribution in [0.1, 0.15) is 17.5 Å². The summed E-state index contributed by atoms with van der Waals surface area (Å²) in [5, 5.41) is 3.97. The Bertz CT molecular complexity index is 1310. The summed E-state index contributed by atoms with van der Waals surface area (Å²) in [6.45, 7) is 14.3. The van der Waals surface area contributed by atoms with Crippen LogP contribution in [0.3, 0.4) is 0 Å². The molecule has 1 aromatic carbocycles. The van der Waals surface area contributed by atoms with Gasteiger partial charge >= 0.3 is 0 Å². The van der Waals surface area contributed by atoms with E-state index in [0.717, 1.165) is 108 Å². The lowest BCUT2D eigenvalue weighted by atomic mass is 9.98. The number of carbonyl (C=O) groups is 1. The zero-order valence-electron chi connectivity index (χ0n) is 25.2. The second-order valence-electron chi connectivity index (χ2n) is 10.9. The summed E-state index contributed by atoms with van der Waals surface area (Å²) < 4.78 is 16.5. The molecule has 0 radical (unpaired) electrons. The Kier molecular flexibility index (Phi) is 10.7. The summed E-state index contributed by atoms with van der Waals surface area (Å²) in [4.78, 5) is 30.5. The van der Waals surface area contributed by atoms with E-state index in [9.17, 15) is 4.79 Å². The van der Waals surface area contributed by atoms with E-state index in [1.165, 1.54) is 6.08 Å². The van der Waals surface area contributed by atoms with Crippen LogP contribution >= 0.6 is 11.6 Å². The third-order valence-corrected chi connectivity index (χ3v) is 8.57. The fraction of sp³-hybridized carbons (Fsp3) is 0.516. The van der Waals surface area contributed by atoms with Crippen LogP contribution in [-0.2, 0) is 9.53 Å². The summed E-state index contributed by atoms with van der Waals surface area (Å²) >= 11 is 6.81. The summed E-state index contributed by atoms with van der Waals surface area (Å²) in [7, 11) is 3.24. The van der Waals surface area contributed by atoms with E-state index in [4.69, 9.17) is 30.8 Å². The minimum absolute atomic E-state index is 0.00534. The molecule has 2 aromatic rings. The fourth-order valence-corrected chi connectivity index (χ4v) is 6.02. The number of benzene rings is 1. The van der Waals surface area contributed by atoms with Crippen LogP contribution in [0.2, 0.25) is 5.02 Å². The van der Waals surface area contributed by atoms with Crippen LogP contribution in [0.25, 0.3) is 11.6 Å². The van der Waals surface area contributed by atoms with E-state index >= 15 is 0 Å². The molecule has 0 unspecified atom stereocenters. The summed E-state index contributed by atoms with van der Waals surface area (Å²) in [6, 6.07) is 3.74. The molecule has 11 nitrogen and oxygen atoms in total. The van der Waals surface area contributed by atoms with Gasteiger partial charge in [0.1, 0.15) is 17.3 Å². The normalized spacial score (nSPS) is 17.7. The number of morpholine rings is 1. The lowest BCUT2D eigenvalue weighted by molar-refractivity contribution is -0.127. The molecule has 2 fully saturated rings. The predicted octanol–water partition coefficient (Wildman–Crippen LogP) is 2.97. The van der Waals surface area contributed by atoms with Gasteiger partial charge in [0, 0.05) is 88.8 Å². The van der Waals surface area contributed by atoms with Gasteiger partial charge in [0.05, 0.1) is 32.5 Å². The molecule has 0 aliphatic carbocycles. The molecule has 2 saturated heterocycles. The Morgan fingerprint density at radius 3 is 2.56 bits per heavy atom. The highest BCUT2D eigenvalue weighted by Gasteiger charge is 2.25. The highest BCUT2D eigenvalue weighted by molar-refractivity contribution is 6.34. The molecule has 0 atom stereocenters. The number of halogens is 1. The molecule has 3 aliphatic rings. The van der Waals surface area contributed by atoms with Crippen molar-refractivity contribution in [2.45, 2.75) is 6.42 Å². The first kappa shape index (κ1) is 31.1. The van der Waals surface area contributed by atoms with Crippen molar-refractivity contribution in [2.24, 2.45) is 0 Å². The quantitative estimate of drug-likeness (QED) is 0.361. The van der Waals surface area contributed by atoms with Crippen LogP contribution in [0, 0.1) is 0 Å². The zero-order valence-corrected chi connectivity index (χ0v) is 25.9. The number of rotatable bonds is 12. The highest BCUT2D eigenvalue weighted by atomic mass is 35.5. The Morgan fingerprint density at radius 1 is 1.07 bits per heavy atom. The van der Waals surface area contributed by atoms with Crippen molar-refractivity contribution in [2.75, 3.05) is 110 Å². The van der Waals surface area contributed by atoms with Gasteiger partial charge < -0.3 is 29.3 Å². The molecule has 12 heteroatoms. The number of piperazine rings is 1. The van der Waals surface area contributed by atoms with Crippen LogP contribution in [0.4, 0.5) is 11.8 Å². The maximum atomic E-state index is 12.0. The van der Waals surface area contributed by atoms with Gasteiger partial charge in [-0.05, 0) is 36.8 Å². The van der Waals surface area contributed by atoms with Gasteiger partial charge in [-0.15, -0.1) is 0 Å². The number of anilines is 2. The zero-order chi connectivity index (χ0) is 30.2. The topological polar surface area (TPSA) is 95.5 Å². The molecule has 0 saturated carbocycles. The summed E-state index contributed by atoms with van der Waals surface area (Å²) in [5.41, 5.74) is 2.85. The molecule has 232 valence electrons. The van der Waals surface area contributed by atoms with Crippen molar-refractivity contribution in [1.29, 1.82) is 0 Å².